The normalized spacial score (nSPS) is 16.2. The molecule has 0 saturated carbocycles. The van der Waals surface area contributed by atoms with Crippen LogP contribution in [0.25, 0.3) is 0 Å². The fourth-order valence-corrected chi connectivity index (χ4v) is 2.99. The number of rotatable bonds is 10. The second-order valence-corrected chi connectivity index (χ2v) is 6.26. The van der Waals surface area contributed by atoms with Gasteiger partial charge in [0.2, 0.25) is 0 Å². The van der Waals surface area contributed by atoms with Crippen LogP contribution >= 0.6 is 0 Å². The van der Waals surface area contributed by atoms with E-state index in [1.165, 1.54) is 44.9 Å². The Morgan fingerprint density at radius 3 is 2.59 bits per heavy atom. The molecule has 1 aromatic heterocycles. The highest BCUT2D eigenvalue weighted by Crippen LogP contribution is 2.29. The van der Waals surface area contributed by atoms with Gasteiger partial charge in [-0.15, -0.1) is 0 Å². The van der Waals surface area contributed by atoms with E-state index < -0.39 is 6.10 Å². The van der Waals surface area contributed by atoms with Gasteiger partial charge in [0.15, 0.2) is 6.10 Å². The van der Waals surface area contributed by atoms with E-state index in [0.29, 0.717) is 5.76 Å². The average molecular weight is 306 g/mol. The van der Waals surface area contributed by atoms with Crippen LogP contribution in [0, 0.1) is 0 Å². The first-order chi connectivity index (χ1) is 10.7. The van der Waals surface area contributed by atoms with Gasteiger partial charge in [0, 0.05) is 19.8 Å². The quantitative estimate of drug-likeness (QED) is 0.660. The van der Waals surface area contributed by atoms with Gasteiger partial charge in [-0.3, -0.25) is 0 Å². The number of furan rings is 1. The van der Waals surface area contributed by atoms with Gasteiger partial charge in [0.05, 0.1) is 18.6 Å². The van der Waals surface area contributed by atoms with Crippen molar-refractivity contribution >= 4 is 0 Å². The maximum absolute atomic E-state index is 10.5. The molecule has 1 atom stereocenters. The van der Waals surface area contributed by atoms with Gasteiger partial charge in [-0.1, -0.05) is 45.4 Å². The van der Waals surface area contributed by atoms with Crippen molar-refractivity contribution in [2.24, 2.45) is 0 Å². The molecule has 2 rings (SSSR count). The molecule has 0 fully saturated rings. The summed E-state index contributed by atoms with van der Waals surface area (Å²) in [7, 11) is 2.04. The van der Waals surface area contributed by atoms with E-state index in [4.69, 9.17) is 4.42 Å². The molecule has 1 aromatic rings. The van der Waals surface area contributed by atoms with E-state index in [2.05, 4.69) is 16.7 Å². The van der Waals surface area contributed by atoms with Gasteiger partial charge in [0.1, 0.15) is 5.76 Å². The minimum Gasteiger partial charge on any atom is -0.466 e. The van der Waals surface area contributed by atoms with Crippen molar-refractivity contribution in [1.82, 2.24) is 9.80 Å². The summed E-state index contributed by atoms with van der Waals surface area (Å²) in [6.07, 6.45) is 12.1. The van der Waals surface area contributed by atoms with Crippen molar-refractivity contribution in [3.8, 4) is 0 Å². The van der Waals surface area contributed by atoms with Crippen LogP contribution in [-0.4, -0.2) is 35.2 Å². The Kier molecular flexibility index (Phi) is 6.84. The van der Waals surface area contributed by atoms with Crippen molar-refractivity contribution in [1.29, 1.82) is 0 Å². The molecule has 0 bridgehead atoms. The molecule has 1 unspecified atom stereocenters. The largest absolute Gasteiger partial charge is 0.466 e. The number of aliphatic hydroxyl groups excluding tert-OH is 1. The highest BCUT2D eigenvalue weighted by Gasteiger charge is 2.26. The first-order valence-electron chi connectivity index (χ1n) is 8.60. The second-order valence-electron chi connectivity index (χ2n) is 6.26. The van der Waals surface area contributed by atoms with Gasteiger partial charge in [0.25, 0.3) is 0 Å². The van der Waals surface area contributed by atoms with Gasteiger partial charge >= 0.3 is 0 Å². The minimum absolute atomic E-state index is 0.617. The molecule has 22 heavy (non-hydrogen) atoms. The molecule has 0 radical (unpaired) electrons. The summed E-state index contributed by atoms with van der Waals surface area (Å²) in [5.74, 6) is 0.617. The predicted octanol–water partition coefficient (Wildman–Crippen LogP) is 4.11. The van der Waals surface area contributed by atoms with Crippen LogP contribution in [0.1, 0.15) is 63.7 Å². The standard InChI is InChI=1S/C18H30N2O2/c1-3-4-5-6-7-8-9-12-20-15-19(2)14-16(20)18(21)17-11-10-13-22-17/h10-11,13-14,18,21H,3-9,12,15H2,1-2H3. The molecule has 0 spiro atoms. The summed E-state index contributed by atoms with van der Waals surface area (Å²) in [5, 5.41) is 10.5. The first-order valence-corrected chi connectivity index (χ1v) is 8.60. The van der Waals surface area contributed by atoms with E-state index in [1.54, 1.807) is 6.26 Å². The van der Waals surface area contributed by atoms with Crippen LogP contribution in [0.2, 0.25) is 0 Å². The lowest BCUT2D eigenvalue weighted by molar-refractivity contribution is 0.142. The van der Waals surface area contributed by atoms with Gasteiger partial charge in [-0.25, -0.2) is 0 Å². The molecule has 4 heteroatoms. The van der Waals surface area contributed by atoms with Crippen LogP contribution < -0.4 is 0 Å². The molecule has 0 amide bonds. The zero-order valence-electron chi connectivity index (χ0n) is 14.0. The van der Waals surface area contributed by atoms with Crippen molar-refractivity contribution in [2.45, 2.75) is 58.0 Å². The van der Waals surface area contributed by atoms with Crippen LogP contribution in [0.15, 0.2) is 34.7 Å². The average Bonchev–Trinajstić information content (AvgIpc) is 3.15. The zero-order chi connectivity index (χ0) is 15.8. The second kappa shape index (κ2) is 8.89. The summed E-state index contributed by atoms with van der Waals surface area (Å²) < 4.78 is 5.34. The van der Waals surface area contributed by atoms with Gasteiger partial charge in [-0.2, -0.15) is 0 Å². The van der Waals surface area contributed by atoms with Gasteiger partial charge < -0.3 is 19.3 Å². The highest BCUT2D eigenvalue weighted by atomic mass is 16.4. The third-order valence-electron chi connectivity index (χ3n) is 4.24. The summed E-state index contributed by atoms with van der Waals surface area (Å²) in [6, 6.07) is 3.65. The van der Waals surface area contributed by atoms with E-state index in [0.717, 1.165) is 18.9 Å². The van der Waals surface area contributed by atoms with Crippen LogP contribution in [0.5, 0.6) is 0 Å². The molecule has 1 aliphatic rings. The number of unbranched alkanes of at least 4 members (excludes halogenated alkanes) is 6. The third-order valence-corrected chi connectivity index (χ3v) is 4.24. The topological polar surface area (TPSA) is 39.9 Å². The summed E-state index contributed by atoms with van der Waals surface area (Å²) in [4.78, 5) is 4.38. The molecule has 2 heterocycles. The molecule has 0 aromatic carbocycles. The minimum atomic E-state index is -0.662. The van der Waals surface area contributed by atoms with Crippen LogP contribution in [0.3, 0.4) is 0 Å². The van der Waals surface area contributed by atoms with Crippen molar-refractivity contribution in [2.75, 3.05) is 20.3 Å². The fraction of sp³-hybridized carbons (Fsp3) is 0.667. The monoisotopic (exact) mass is 306 g/mol. The van der Waals surface area contributed by atoms with Crippen LogP contribution in [0.4, 0.5) is 0 Å². The summed E-state index contributed by atoms with van der Waals surface area (Å²) in [5.41, 5.74) is 0.948. The molecule has 0 saturated heterocycles. The Morgan fingerprint density at radius 2 is 1.91 bits per heavy atom. The molecule has 1 aliphatic heterocycles. The summed E-state index contributed by atoms with van der Waals surface area (Å²) in [6.45, 7) is 4.10. The molecule has 124 valence electrons. The molecular weight excluding hydrogens is 276 g/mol. The van der Waals surface area contributed by atoms with Gasteiger partial charge in [-0.05, 0) is 18.6 Å². The Balaban J connectivity index is 1.74. The Hall–Kier alpha value is -1.42. The number of nitrogens with zero attached hydrogens (tertiary/aromatic N) is 2. The maximum Gasteiger partial charge on any atom is 0.153 e. The van der Waals surface area contributed by atoms with Crippen molar-refractivity contribution in [3.63, 3.8) is 0 Å². The molecule has 1 N–H and O–H groups in total. The van der Waals surface area contributed by atoms with Crippen molar-refractivity contribution < 1.29 is 9.52 Å². The van der Waals surface area contributed by atoms with E-state index in [-0.39, 0.29) is 0 Å². The lowest BCUT2D eigenvalue weighted by Gasteiger charge is -2.24. The SMILES string of the molecule is CCCCCCCCCN1CN(C)C=C1C(O)c1ccco1. The molecule has 0 aliphatic carbocycles. The summed E-state index contributed by atoms with van der Waals surface area (Å²) >= 11 is 0. The lowest BCUT2D eigenvalue weighted by atomic mass is 10.1. The molecule has 4 nitrogen and oxygen atoms in total. The maximum atomic E-state index is 10.5. The Labute approximate surface area is 134 Å². The van der Waals surface area contributed by atoms with E-state index >= 15 is 0 Å². The van der Waals surface area contributed by atoms with E-state index in [1.807, 2.05) is 25.4 Å². The fourth-order valence-electron chi connectivity index (χ4n) is 2.99. The number of aliphatic hydroxyl groups is 1. The Bertz CT molecular complexity index is 442. The van der Waals surface area contributed by atoms with Crippen molar-refractivity contribution in [3.05, 3.63) is 36.1 Å². The highest BCUT2D eigenvalue weighted by molar-refractivity contribution is 5.19. The van der Waals surface area contributed by atoms with Crippen LogP contribution in [-0.2, 0) is 0 Å². The number of hydrogen-bond acceptors (Lipinski definition) is 4. The number of hydrogen-bond donors (Lipinski definition) is 1. The van der Waals surface area contributed by atoms with E-state index in [9.17, 15) is 5.11 Å². The lowest BCUT2D eigenvalue weighted by Crippen LogP contribution is -2.28. The predicted molar refractivity (Wildman–Crippen MR) is 89.1 cm³/mol. The third kappa shape index (κ3) is 4.80. The first kappa shape index (κ1) is 16.9. The molecular formula is C18H30N2O2. The Morgan fingerprint density at radius 1 is 1.18 bits per heavy atom. The smallest absolute Gasteiger partial charge is 0.153 e. The zero-order valence-corrected chi connectivity index (χ0v) is 14.0.